The largest absolute Gasteiger partial charge is 0.541 e. The quantitative estimate of drug-likeness (QED) is 0.133. The van der Waals surface area contributed by atoms with Crippen LogP contribution in [0.1, 0.15) is 69.3 Å². The second kappa shape index (κ2) is 17.6. The van der Waals surface area contributed by atoms with Crippen LogP contribution in [0.15, 0.2) is 73.4 Å². The Kier molecular flexibility index (Phi) is 14.8. The molecule has 1 atom stereocenters. The Hall–Kier alpha value is -4.21. The average Bonchev–Trinajstić information content (AvgIpc) is 3.04. The molecule has 9 nitrogen and oxygen atoms in total. The molecule has 0 spiro atoms. The van der Waals surface area contributed by atoms with Crippen LogP contribution in [-0.4, -0.2) is 57.2 Å². The van der Waals surface area contributed by atoms with Gasteiger partial charge in [0.1, 0.15) is 29.2 Å². The predicted molar refractivity (Wildman–Crippen MR) is 197 cm³/mol. The Morgan fingerprint density at radius 3 is 1.76 bits per heavy atom. The Labute approximate surface area is 297 Å². The highest BCUT2D eigenvalue weighted by molar-refractivity contribution is 6.75. The number of nitrogens with zero attached hydrogens (tertiary/aromatic N) is 3. The molecule has 50 heavy (non-hydrogen) atoms. The van der Waals surface area contributed by atoms with E-state index >= 15 is 0 Å². The van der Waals surface area contributed by atoms with Gasteiger partial charge < -0.3 is 23.4 Å². The summed E-state index contributed by atoms with van der Waals surface area (Å²) in [5.41, 5.74) is 1.05. The number of hydrogen-bond donors (Lipinski definition) is 1. The number of benzene rings is 1. The van der Waals surface area contributed by atoms with Crippen molar-refractivity contribution in [3.63, 3.8) is 0 Å². The van der Waals surface area contributed by atoms with Gasteiger partial charge in [-0.2, -0.15) is 0 Å². The molecule has 4 rings (SSSR count). The molecule has 1 N–H and O–H groups in total. The van der Waals surface area contributed by atoms with Crippen LogP contribution in [0.5, 0.6) is 23.0 Å². The maximum absolute atomic E-state index is 13.9. The fourth-order valence-corrected chi connectivity index (χ4v) is 5.70. The van der Waals surface area contributed by atoms with Gasteiger partial charge in [0.25, 0.3) is 16.6 Å². The molecule has 0 aliphatic carbocycles. The molecule has 0 amide bonds. The standard InChI is InChI=1S/C19H26FNO3Si.C13H21NO3Si.C5H4FN/c1-19(2,3)25(5,6)24-16-8-7-13(11-17(16)23-4)18(22)14-9-10-21-12-15(14)20;1-13(2,3)18(5,6)17-12-8-14-10(9-15)7-11(12)16-4;6-5-2-1-3-7-4-5/h7-12,18,22H,1-6H3;7-9H,1-6H3;1-4H. The molecule has 0 radical (unpaired) electrons. The number of aliphatic hydroxyl groups excluding tert-OH is 1. The first-order chi connectivity index (χ1) is 23.2. The predicted octanol–water partition coefficient (Wildman–Crippen LogP) is 9.20. The van der Waals surface area contributed by atoms with Crippen molar-refractivity contribution in [2.75, 3.05) is 14.2 Å². The minimum Gasteiger partial charge on any atom is -0.541 e. The van der Waals surface area contributed by atoms with E-state index in [0.717, 1.165) is 6.20 Å². The first-order valence-corrected chi connectivity index (χ1v) is 21.9. The molecule has 3 heterocycles. The highest BCUT2D eigenvalue weighted by Gasteiger charge is 2.40. The summed E-state index contributed by atoms with van der Waals surface area (Å²) in [5.74, 6) is 1.49. The molecule has 4 aromatic rings. The van der Waals surface area contributed by atoms with Crippen LogP contribution in [0.2, 0.25) is 36.3 Å². The summed E-state index contributed by atoms with van der Waals surface area (Å²) in [5, 5.41) is 10.6. The third-order valence-corrected chi connectivity index (χ3v) is 17.4. The van der Waals surface area contributed by atoms with Crippen molar-refractivity contribution in [2.24, 2.45) is 0 Å². The van der Waals surface area contributed by atoms with Crippen LogP contribution in [0, 0.1) is 11.6 Å². The molecule has 0 bridgehead atoms. The van der Waals surface area contributed by atoms with Crippen molar-refractivity contribution in [1.82, 2.24) is 15.0 Å². The number of carbonyl (C=O) groups excluding carboxylic acids is 1. The molecular weight excluding hydrogens is 677 g/mol. The smallest absolute Gasteiger partial charge is 0.250 e. The average molecular weight is 728 g/mol. The number of hydrogen-bond acceptors (Lipinski definition) is 9. The molecule has 0 aliphatic rings. The summed E-state index contributed by atoms with van der Waals surface area (Å²) in [6, 6.07) is 11.2. The number of pyridine rings is 3. The minimum absolute atomic E-state index is 0.0519. The zero-order valence-electron chi connectivity index (χ0n) is 31.2. The minimum atomic E-state index is -2.02. The van der Waals surface area contributed by atoms with Crippen LogP contribution < -0.4 is 18.3 Å². The number of ether oxygens (including phenoxy) is 2. The highest BCUT2D eigenvalue weighted by Crippen LogP contribution is 2.42. The third-order valence-electron chi connectivity index (χ3n) is 8.76. The lowest BCUT2D eigenvalue weighted by Crippen LogP contribution is -2.44. The van der Waals surface area contributed by atoms with E-state index < -0.39 is 28.6 Å². The fraction of sp³-hybridized carbons (Fsp3) is 0.405. The van der Waals surface area contributed by atoms with Crippen molar-refractivity contribution >= 4 is 22.9 Å². The Bertz CT molecular complexity index is 1680. The molecule has 0 saturated heterocycles. The van der Waals surface area contributed by atoms with Gasteiger partial charge in [-0.3, -0.25) is 14.8 Å². The first kappa shape index (κ1) is 42.0. The zero-order chi connectivity index (χ0) is 37.9. The normalized spacial score (nSPS) is 12.3. The molecule has 1 aromatic carbocycles. The summed E-state index contributed by atoms with van der Waals surface area (Å²) in [4.78, 5) is 21.9. The van der Waals surface area contributed by atoms with Crippen molar-refractivity contribution in [1.29, 1.82) is 0 Å². The van der Waals surface area contributed by atoms with Gasteiger partial charge in [0, 0.05) is 24.0 Å². The lowest BCUT2D eigenvalue weighted by atomic mass is 10.0. The molecule has 272 valence electrons. The molecule has 0 fully saturated rings. The Morgan fingerprint density at radius 2 is 1.30 bits per heavy atom. The topological polar surface area (TPSA) is 113 Å². The Morgan fingerprint density at radius 1 is 0.740 bits per heavy atom. The van der Waals surface area contributed by atoms with E-state index in [1.165, 1.54) is 30.7 Å². The van der Waals surface area contributed by atoms with Gasteiger partial charge in [-0.25, -0.2) is 13.8 Å². The molecule has 13 heteroatoms. The van der Waals surface area contributed by atoms with Crippen LogP contribution in [0.25, 0.3) is 0 Å². The van der Waals surface area contributed by atoms with E-state index in [4.69, 9.17) is 18.3 Å². The third kappa shape index (κ3) is 11.7. The van der Waals surface area contributed by atoms with Gasteiger partial charge in [-0.15, -0.1) is 0 Å². The van der Waals surface area contributed by atoms with E-state index in [1.807, 2.05) is 0 Å². The summed E-state index contributed by atoms with van der Waals surface area (Å²) in [6.45, 7) is 21.6. The van der Waals surface area contributed by atoms with Crippen molar-refractivity contribution in [2.45, 2.75) is 83.9 Å². The van der Waals surface area contributed by atoms with E-state index in [2.05, 4.69) is 82.7 Å². The lowest BCUT2D eigenvalue weighted by Gasteiger charge is -2.36. The summed E-state index contributed by atoms with van der Waals surface area (Å²) >= 11 is 0. The van der Waals surface area contributed by atoms with Gasteiger partial charge in [-0.05, 0) is 72.2 Å². The van der Waals surface area contributed by atoms with Crippen molar-refractivity contribution in [3.8, 4) is 23.0 Å². The maximum Gasteiger partial charge on any atom is 0.250 e. The first-order valence-electron chi connectivity index (χ1n) is 16.1. The number of aromatic nitrogens is 3. The summed E-state index contributed by atoms with van der Waals surface area (Å²) < 4.78 is 48.8. The molecule has 0 saturated carbocycles. The monoisotopic (exact) mass is 727 g/mol. The number of aliphatic hydroxyl groups is 1. The van der Waals surface area contributed by atoms with Crippen LogP contribution in [0.3, 0.4) is 0 Å². The van der Waals surface area contributed by atoms with Crippen LogP contribution >= 0.6 is 0 Å². The summed E-state index contributed by atoms with van der Waals surface area (Å²) in [7, 11) is -0.840. The number of carbonyl (C=O) groups is 1. The Balaban J connectivity index is 0.000000300. The summed E-state index contributed by atoms with van der Waals surface area (Å²) in [6.07, 6.45) is 6.39. The van der Waals surface area contributed by atoms with Gasteiger partial charge in [0.2, 0.25) is 0 Å². The lowest BCUT2D eigenvalue weighted by molar-refractivity contribution is 0.111. The SMILES string of the molecule is COc1cc(C(O)c2ccncc2F)ccc1O[Si](C)(C)C(C)(C)C.COc1cc(C=O)ncc1O[Si](C)(C)C(C)(C)C.Fc1cccnc1. The zero-order valence-corrected chi connectivity index (χ0v) is 33.2. The molecule has 1 unspecified atom stereocenters. The van der Waals surface area contributed by atoms with Crippen molar-refractivity contribution < 1.29 is 37.0 Å². The second-order valence-electron chi connectivity index (χ2n) is 14.5. The molecule has 3 aromatic heterocycles. The van der Waals surface area contributed by atoms with Gasteiger partial charge in [0.15, 0.2) is 23.5 Å². The van der Waals surface area contributed by atoms with Crippen molar-refractivity contribution in [3.05, 3.63) is 102 Å². The van der Waals surface area contributed by atoms with E-state index in [-0.39, 0.29) is 21.5 Å². The van der Waals surface area contributed by atoms with E-state index in [9.17, 15) is 18.7 Å². The molecule has 0 aliphatic heterocycles. The highest BCUT2D eigenvalue weighted by atomic mass is 28.4. The number of methoxy groups -OCH3 is 2. The van der Waals surface area contributed by atoms with Gasteiger partial charge >= 0.3 is 0 Å². The van der Waals surface area contributed by atoms with Crippen LogP contribution in [0.4, 0.5) is 8.78 Å². The maximum atomic E-state index is 13.9. The van der Waals surface area contributed by atoms with Gasteiger partial charge in [0.05, 0.1) is 32.8 Å². The number of halogens is 2. The van der Waals surface area contributed by atoms with Crippen LogP contribution in [-0.2, 0) is 0 Å². The number of aldehydes is 1. The fourth-order valence-electron chi connectivity index (χ4n) is 3.66. The van der Waals surface area contributed by atoms with E-state index in [1.54, 1.807) is 50.7 Å². The van der Waals surface area contributed by atoms with Gasteiger partial charge in [-0.1, -0.05) is 47.6 Å². The van der Waals surface area contributed by atoms with E-state index in [0.29, 0.717) is 40.5 Å². The second-order valence-corrected chi connectivity index (χ2v) is 23.9. The molecular formula is C37H51F2N3O6Si2. The number of rotatable bonds is 9.